The van der Waals surface area contributed by atoms with Crippen LogP contribution in [-0.2, 0) is 4.74 Å². The quantitative estimate of drug-likeness (QED) is 0.537. The van der Waals surface area contributed by atoms with Gasteiger partial charge in [0, 0.05) is 24.9 Å². The molecule has 1 unspecified atom stereocenters. The van der Waals surface area contributed by atoms with E-state index in [0.717, 1.165) is 26.1 Å². The molecule has 0 aromatic carbocycles. The maximum atomic E-state index is 5.93. The zero-order valence-corrected chi connectivity index (χ0v) is 7.36. The highest BCUT2D eigenvalue weighted by molar-refractivity contribution is 5.02. The van der Waals surface area contributed by atoms with Gasteiger partial charge in [0.25, 0.3) is 0 Å². The Balaban J connectivity index is 1.69. The average Bonchev–Trinajstić information content (AvgIpc) is 2.72. The predicted octanol–water partition coefficient (Wildman–Crippen LogP) is 0.0760. The van der Waals surface area contributed by atoms with Crippen molar-refractivity contribution in [3.63, 3.8) is 0 Å². The number of nitrogens with one attached hydrogen (secondary N) is 2. The molecular formula is C9H16N2O. The van der Waals surface area contributed by atoms with Gasteiger partial charge < -0.3 is 10.1 Å². The number of rotatable bonds is 0. The molecular weight excluding hydrogens is 152 g/mol. The van der Waals surface area contributed by atoms with Crippen molar-refractivity contribution in [2.45, 2.75) is 25.0 Å². The molecule has 3 nitrogen and oxygen atoms in total. The molecule has 12 heavy (non-hydrogen) atoms. The van der Waals surface area contributed by atoms with Gasteiger partial charge in [0.2, 0.25) is 0 Å². The monoisotopic (exact) mass is 168 g/mol. The van der Waals surface area contributed by atoms with E-state index in [4.69, 9.17) is 4.74 Å². The van der Waals surface area contributed by atoms with Gasteiger partial charge in [-0.25, -0.2) is 0 Å². The fourth-order valence-corrected chi connectivity index (χ4v) is 2.18. The summed E-state index contributed by atoms with van der Waals surface area (Å²) in [6.45, 7) is 4.25. The Kier molecular flexibility index (Phi) is 1.35. The van der Waals surface area contributed by atoms with E-state index in [1.165, 1.54) is 19.4 Å². The Morgan fingerprint density at radius 3 is 2.50 bits per heavy atom. The summed E-state index contributed by atoms with van der Waals surface area (Å²) in [4.78, 5) is 0. The molecule has 3 aliphatic rings. The minimum atomic E-state index is 0.00778. The van der Waals surface area contributed by atoms with Crippen LogP contribution in [0.15, 0.2) is 0 Å². The lowest BCUT2D eigenvalue weighted by molar-refractivity contribution is -0.109. The van der Waals surface area contributed by atoms with Gasteiger partial charge in [-0.15, -0.1) is 0 Å². The minimum Gasteiger partial charge on any atom is -0.359 e. The van der Waals surface area contributed by atoms with E-state index >= 15 is 0 Å². The van der Waals surface area contributed by atoms with Gasteiger partial charge in [-0.1, -0.05) is 0 Å². The highest BCUT2D eigenvalue weighted by Crippen LogP contribution is 2.48. The highest BCUT2D eigenvalue weighted by atomic mass is 16.5. The molecule has 2 aliphatic heterocycles. The van der Waals surface area contributed by atoms with Crippen LogP contribution in [0.1, 0.15) is 19.3 Å². The van der Waals surface area contributed by atoms with Gasteiger partial charge >= 0.3 is 0 Å². The largest absolute Gasteiger partial charge is 0.359 e. The van der Waals surface area contributed by atoms with Crippen molar-refractivity contribution in [2.75, 3.05) is 26.2 Å². The smallest absolute Gasteiger partial charge is 0.133 e. The first-order chi connectivity index (χ1) is 5.83. The van der Waals surface area contributed by atoms with Gasteiger partial charge in [-0.05, 0) is 19.4 Å². The van der Waals surface area contributed by atoms with Gasteiger partial charge in [-0.3, -0.25) is 5.32 Å². The van der Waals surface area contributed by atoms with Gasteiger partial charge in [0.1, 0.15) is 5.72 Å². The van der Waals surface area contributed by atoms with Crippen LogP contribution in [0.3, 0.4) is 0 Å². The molecule has 68 valence electrons. The molecule has 3 heteroatoms. The van der Waals surface area contributed by atoms with Crippen LogP contribution < -0.4 is 10.6 Å². The minimum absolute atomic E-state index is 0.00778. The van der Waals surface area contributed by atoms with E-state index < -0.39 is 0 Å². The summed E-state index contributed by atoms with van der Waals surface area (Å²) in [5.74, 6) is 0. The van der Waals surface area contributed by atoms with Crippen LogP contribution in [0, 0.1) is 5.41 Å². The first-order valence-electron chi connectivity index (χ1n) is 4.92. The molecule has 3 fully saturated rings. The fourth-order valence-electron chi connectivity index (χ4n) is 2.18. The molecule has 1 saturated carbocycles. The van der Waals surface area contributed by atoms with Crippen molar-refractivity contribution >= 4 is 0 Å². The number of hydrogen-bond acceptors (Lipinski definition) is 3. The molecule has 2 saturated heterocycles. The summed E-state index contributed by atoms with van der Waals surface area (Å²) in [5, 5.41) is 6.91. The molecule has 0 aromatic rings. The molecule has 0 radical (unpaired) electrons. The third kappa shape index (κ3) is 1.00. The lowest BCUT2D eigenvalue weighted by atomic mass is 10.0. The molecule has 1 aliphatic carbocycles. The number of ether oxygens (including phenoxy) is 1. The van der Waals surface area contributed by atoms with Crippen LogP contribution >= 0.6 is 0 Å². The fraction of sp³-hybridized carbons (Fsp3) is 1.00. The lowest BCUT2D eigenvalue weighted by Gasteiger charge is -2.38. The molecule has 0 amide bonds. The SMILES string of the molecule is C1CC2(CN1)NCC1(CC1)CO2. The van der Waals surface area contributed by atoms with Gasteiger partial charge in [-0.2, -0.15) is 0 Å². The zero-order chi connectivity index (χ0) is 8.07. The Bertz CT molecular complexity index is 183. The van der Waals surface area contributed by atoms with E-state index in [2.05, 4.69) is 10.6 Å². The summed E-state index contributed by atoms with van der Waals surface area (Å²) in [7, 11) is 0. The Hall–Kier alpha value is -0.120. The van der Waals surface area contributed by atoms with Crippen molar-refractivity contribution in [1.82, 2.24) is 10.6 Å². The predicted molar refractivity (Wildman–Crippen MR) is 45.8 cm³/mol. The van der Waals surface area contributed by atoms with E-state index in [0.29, 0.717) is 5.41 Å². The Morgan fingerprint density at radius 1 is 1.08 bits per heavy atom. The second-order valence-corrected chi connectivity index (χ2v) is 4.56. The summed E-state index contributed by atoms with van der Waals surface area (Å²) in [6.07, 6.45) is 3.86. The van der Waals surface area contributed by atoms with Crippen LogP contribution in [0.2, 0.25) is 0 Å². The zero-order valence-electron chi connectivity index (χ0n) is 7.36. The van der Waals surface area contributed by atoms with Crippen molar-refractivity contribution in [2.24, 2.45) is 5.41 Å². The van der Waals surface area contributed by atoms with Gasteiger partial charge in [0.15, 0.2) is 0 Å². The topological polar surface area (TPSA) is 33.3 Å². The van der Waals surface area contributed by atoms with Crippen molar-refractivity contribution < 1.29 is 4.74 Å². The molecule has 1 atom stereocenters. The molecule has 2 N–H and O–H groups in total. The van der Waals surface area contributed by atoms with Crippen LogP contribution in [0.4, 0.5) is 0 Å². The van der Waals surface area contributed by atoms with E-state index in [1.807, 2.05) is 0 Å². The second kappa shape index (κ2) is 2.22. The molecule has 0 bridgehead atoms. The third-order valence-electron chi connectivity index (χ3n) is 3.51. The summed E-state index contributed by atoms with van der Waals surface area (Å²) in [5.41, 5.74) is 0.557. The van der Waals surface area contributed by atoms with Gasteiger partial charge in [0.05, 0.1) is 6.61 Å². The van der Waals surface area contributed by atoms with Crippen LogP contribution in [0.25, 0.3) is 0 Å². The second-order valence-electron chi connectivity index (χ2n) is 4.56. The molecule has 0 aromatic heterocycles. The summed E-state index contributed by atoms with van der Waals surface area (Å²) < 4.78 is 5.93. The standard InChI is InChI=1S/C9H16N2O/c1-2-8(1)5-11-9(12-7-8)3-4-10-6-9/h10-11H,1-7H2. The lowest BCUT2D eigenvalue weighted by Crippen LogP contribution is -2.56. The van der Waals surface area contributed by atoms with Crippen molar-refractivity contribution in [1.29, 1.82) is 0 Å². The molecule has 3 rings (SSSR count). The first-order valence-corrected chi connectivity index (χ1v) is 4.92. The summed E-state index contributed by atoms with van der Waals surface area (Å²) in [6, 6.07) is 0. The average molecular weight is 168 g/mol. The number of hydrogen-bond donors (Lipinski definition) is 2. The maximum absolute atomic E-state index is 5.93. The van der Waals surface area contributed by atoms with Crippen LogP contribution in [-0.4, -0.2) is 32.0 Å². The Morgan fingerprint density at radius 2 is 2.00 bits per heavy atom. The summed E-state index contributed by atoms with van der Waals surface area (Å²) >= 11 is 0. The van der Waals surface area contributed by atoms with E-state index in [9.17, 15) is 0 Å². The molecule has 2 heterocycles. The third-order valence-corrected chi connectivity index (χ3v) is 3.51. The van der Waals surface area contributed by atoms with Crippen LogP contribution in [0.5, 0.6) is 0 Å². The van der Waals surface area contributed by atoms with E-state index in [-0.39, 0.29) is 5.72 Å². The van der Waals surface area contributed by atoms with Crippen molar-refractivity contribution in [3.8, 4) is 0 Å². The normalized spacial score (nSPS) is 44.0. The first kappa shape index (κ1) is 7.30. The maximum Gasteiger partial charge on any atom is 0.133 e. The van der Waals surface area contributed by atoms with E-state index in [1.54, 1.807) is 0 Å². The highest BCUT2D eigenvalue weighted by Gasteiger charge is 2.50. The molecule has 2 spiro atoms. The van der Waals surface area contributed by atoms with Crippen molar-refractivity contribution in [3.05, 3.63) is 0 Å². The Labute approximate surface area is 72.9 Å².